The number of hydrogen-bond donors (Lipinski definition) is 2. The van der Waals surface area contributed by atoms with Crippen LogP contribution < -0.4 is 10.6 Å². The summed E-state index contributed by atoms with van der Waals surface area (Å²) in [5.41, 5.74) is 0.449. The fraction of sp³-hybridized carbons (Fsp3) is 0.529. The summed E-state index contributed by atoms with van der Waals surface area (Å²) in [6.45, 7) is 1.86. The Morgan fingerprint density at radius 2 is 2.00 bits per heavy atom. The molecular weight excluding hydrogens is 308 g/mol. The number of amides is 3. The van der Waals surface area contributed by atoms with Crippen molar-refractivity contribution in [3.8, 4) is 0 Å². The fourth-order valence-corrected chi connectivity index (χ4v) is 3.48. The molecular formula is C17H22N4O3. The number of aromatic nitrogens is 1. The summed E-state index contributed by atoms with van der Waals surface area (Å²) in [5.74, 6) is -0.440. The summed E-state index contributed by atoms with van der Waals surface area (Å²) in [6.07, 6.45) is 6.17. The van der Waals surface area contributed by atoms with Gasteiger partial charge in [0.1, 0.15) is 0 Å². The molecule has 7 heteroatoms. The highest BCUT2D eigenvalue weighted by molar-refractivity contribution is 6.00. The van der Waals surface area contributed by atoms with E-state index in [2.05, 4.69) is 15.6 Å². The standard InChI is InChI=1S/C17H22N4O3/c1-11(22)19-16-14(7-4-8-18-16)20-17(24)12-9-15(23)21(10-12)13-5-2-3-6-13/h4,7-8,12-13H,2-3,5-6,9-10H2,1H3,(H,20,24)(H,18,19,22)/t12-/m1/s1. The van der Waals surface area contributed by atoms with Gasteiger partial charge >= 0.3 is 0 Å². The second-order valence-corrected chi connectivity index (χ2v) is 6.46. The molecule has 2 aliphatic rings. The maximum atomic E-state index is 12.5. The molecule has 1 saturated heterocycles. The lowest BCUT2D eigenvalue weighted by Gasteiger charge is -2.23. The lowest BCUT2D eigenvalue weighted by atomic mass is 10.1. The van der Waals surface area contributed by atoms with Gasteiger partial charge in [0.25, 0.3) is 0 Å². The third-order valence-corrected chi connectivity index (χ3v) is 4.65. The van der Waals surface area contributed by atoms with E-state index in [-0.39, 0.29) is 30.1 Å². The molecule has 3 amide bonds. The van der Waals surface area contributed by atoms with Gasteiger partial charge in [-0.25, -0.2) is 4.98 Å². The SMILES string of the molecule is CC(=O)Nc1ncccc1NC(=O)[C@@H]1CC(=O)N(C2CCCC2)C1. The van der Waals surface area contributed by atoms with Gasteiger partial charge in [-0.1, -0.05) is 12.8 Å². The van der Waals surface area contributed by atoms with Gasteiger partial charge < -0.3 is 15.5 Å². The molecule has 1 saturated carbocycles. The van der Waals surface area contributed by atoms with E-state index in [0.29, 0.717) is 24.1 Å². The van der Waals surface area contributed by atoms with Crippen molar-refractivity contribution in [2.75, 3.05) is 17.2 Å². The van der Waals surface area contributed by atoms with Gasteiger partial charge in [-0.05, 0) is 25.0 Å². The molecule has 0 unspecified atom stereocenters. The average Bonchev–Trinajstić information content (AvgIpc) is 3.17. The lowest BCUT2D eigenvalue weighted by molar-refractivity contribution is -0.130. The molecule has 0 aromatic carbocycles. The molecule has 128 valence electrons. The summed E-state index contributed by atoms with van der Waals surface area (Å²) >= 11 is 0. The van der Waals surface area contributed by atoms with E-state index in [4.69, 9.17) is 0 Å². The molecule has 3 rings (SSSR count). The largest absolute Gasteiger partial charge is 0.339 e. The van der Waals surface area contributed by atoms with Crippen LogP contribution in [-0.4, -0.2) is 40.2 Å². The Bertz CT molecular complexity index is 655. The lowest BCUT2D eigenvalue weighted by Crippen LogP contribution is -2.35. The van der Waals surface area contributed by atoms with Crippen molar-refractivity contribution in [2.45, 2.75) is 45.1 Å². The first-order valence-corrected chi connectivity index (χ1v) is 8.37. The Labute approximate surface area is 140 Å². The molecule has 1 aromatic rings. The summed E-state index contributed by atoms with van der Waals surface area (Å²) in [4.78, 5) is 41.9. The summed E-state index contributed by atoms with van der Waals surface area (Å²) in [6, 6.07) is 3.66. The van der Waals surface area contributed by atoms with E-state index in [1.165, 1.54) is 6.92 Å². The zero-order chi connectivity index (χ0) is 17.1. The van der Waals surface area contributed by atoms with Crippen LogP contribution in [0.25, 0.3) is 0 Å². The van der Waals surface area contributed by atoms with Gasteiger partial charge in [-0.2, -0.15) is 0 Å². The number of carbonyl (C=O) groups is 3. The number of nitrogens with zero attached hydrogens (tertiary/aromatic N) is 2. The average molecular weight is 330 g/mol. The van der Waals surface area contributed by atoms with Gasteiger partial charge in [-0.3, -0.25) is 14.4 Å². The third-order valence-electron chi connectivity index (χ3n) is 4.65. The first-order valence-electron chi connectivity index (χ1n) is 8.37. The monoisotopic (exact) mass is 330 g/mol. The minimum atomic E-state index is -0.358. The normalized spacial score (nSPS) is 21.1. The molecule has 1 aromatic heterocycles. The fourth-order valence-electron chi connectivity index (χ4n) is 3.48. The molecule has 1 aliphatic heterocycles. The molecule has 0 bridgehead atoms. The highest BCUT2D eigenvalue weighted by Crippen LogP contribution is 2.30. The number of hydrogen-bond acceptors (Lipinski definition) is 4. The molecule has 2 fully saturated rings. The zero-order valence-electron chi connectivity index (χ0n) is 13.7. The van der Waals surface area contributed by atoms with Crippen molar-refractivity contribution in [1.29, 1.82) is 0 Å². The van der Waals surface area contributed by atoms with Gasteiger partial charge in [-0.15, -0.1) is 0 Å². The van der Waals surface area contributed by atoms with Crippen molar-refractivity contribution in [3.63, 3.8) is 0 Å². The number of carbonyl (C=O) groups excluding carboxylic acids is 3. The number of likely N-dealkylation sites (tertiary alicyclic amines) is 1. The summed E-state index contributed by atoms with van der Waals surface area (Å²) < 4.78 is 0. The van der Waals surface area contributed by atoms with Crippen LogP contribution in [0.4, 0.5) is 11.5 Å². The maximum Gasteiger partial charge on any atom is 0.229 e. The third kappa shape index (κ3) is 3.55. The molecule has 2 heterocycles. The Kier molecular flexibility index (Phi) is 4.78. The van der Waals surface area contributed by atoms with Crippen molar-refractivity contribution in [3.05, 3.63) is 18.3 Å². The van der Waals surface area contributed by atoms with Crippen molar-refractivity contribution >= 4 is 29.2 Å². The molecule has 24 heavy (non-hydrogen) atoms. The van der Waals surface area contributed by atoms with Crippen LogP contribution in [0.1, 0.15) is 39.0 Å². The van der Waals surface area contributed by atoms with Crippen LogP contribution in [0.15, 0.2) is 18.3 Å². The highest BCUT2D eigenvalue weighted by atomic mass is 16.2. The molecule has 0 radical (unpaired) electrons. The number of anilines is 2. The Morgan fingerprint density at radius 1 is 1.25 bits per heavy atom. The summed E-state index contributed by atoms with van der Waals surface area (Å²) in [7, 11) is 0. The van der Waals surface area contributed by atoms with E-state index >= 15 is 0 Å². The second kappa shape index (κ2) is 6.98. The molecule has 0 spiro atoms. The van der Waals surface area contributed by atoms with Crippen LogP contribution in [0, 0.1) is 5.92 Å². The summed E-state index contributed by atoms with van der Waals surface area (Å²) in [5, 5.41) is 5.38. The van der Waals surface area contributed by atoms with E-state index < -0.39 is 0 Å². The Balaban J connectivity index is 1.65. The Morgan fingerprint density at radius 3 is 2.71 bits per heavy atom. The zero-order valence-corrected chi connectivity index (χ0v) is 13.7. The number of rotatable bonds is 4. The quantitative estimate of drug-likeness (QED) is 0.880. The van der Waals surface area contributed by atoms with E-state index in [1.54, 1.807) is 18.3 Å². The van der Waals surface area contributed by atoms with Crippen LogP contribution in [-0.2, 0) is 14.4 Å². The van der Waals surface area contributed by atoms with E-state index in [1.807, 2.05) is 4.90 Å². The van der Waals surface area contributed by atoms with Gasteiger partial charge in [0.05, 0.1) is 11.6 Å². The second-order valence-electron chi connectivity index (χ2n) is 6.46. The minimum Gasteiger partial charge on any atom is -0.339 e. The van der Waals surface area contributed by atoms with E-state index in [0.717, 1.165) is 25.7 Å². The van der Waals surface area contributed by atoms with Crippen LogP contribution in [0.2, 0.25) is 0 Å². The predicted molar refractivity (Wildman–Crippen MR) is 89.2 cm³/mol. The Hall–Kier alpha value is -2.44. The van der Waals surface area contributed by atoms with Gasteiger partial charge in [0.15, 0.2) is 5.82 Å². The van der Waals surface area contributed by atoms with Crippen LogP contribution in [0.3, 0.4) is 0 Å². The molecule has 1 aliphatic carbocycles. The van der Waals surface area contributed by atoms with Crippen molar-refractivity contribution in [2.24, 2.45) is 5.92 Å². The van der Waals surface area contributed by atoms with Gasteiger partial charge in [0, 0.05) is 32.1 Å². The minimum absolute atomic E-state index is 0.0651. The predicted octanol–water partition coefficient (Wildman–Crippen LogP) is 1.77. The van der Waals surface area contributed by atoms with Crippen molar-refractivity contribution in [1.82, 2.24) is 9.88 Å². The highest BCUT2D eigenvalue weighted by Gasteiger charge is 2.38. The van der Waals surface area contributed by atoms with Crippen LogP contribution >= 0.6 is 0 Å². The number of pyridine rings is 1. The first-order chi connectivity index (χ1) is 11.5. The first kappa shape index (κ1) is 16.4. The molecule has 7 nitrogen and oxygen atoms in total. The smallest absolute Gasteiger partial charge is 0.229 e. The molecule has 1 atom stereocenters. The van der Waals surface area contributed by atoms with E-state index in [9.17, 15) is 14.4 Å². The maximum absolute atomic E-state index is 12.5. The topological polar surface area (TPSA) is 91.4 Å². The van der Waals surface area contributed by atoms with Crippen LogP contribution in [0.5, 0.6) is 0 Å². The number of nitrogens with one attached hydrogen (secondary N) is 2. The van der Waals surface area contributed by atoms with Gasteiger partial charge in [0.2, 0.25) is 17.7 Å². The van der Waals surface area contributed by atoms with Crippen molar-refractivity contribution < 1.29 is 14.4 Å². The molecule has 2 N–H and O–H groups in total.